The molecular formula is C12H17N3O. The molecule has 0 unspecified atom stereocenters. The molecular weight excluding hydrogens is 202 g/mol. The second-order valence-corrected chi connectivity index (χ2v) is 4.31. The SMILES string of the molecule is C=CC(=O)N1CCCc2c1cnn2C(C)C. The summed E-state index contributed by atoms with van der Waals surface area (Å²) >= 11 is 0. The molecule has 0 radical (unpaired) electrons. The summed E-state index contributed by atoms with van der Waals surface area (Å²) in [5.41, 5.74) is 2.11. The lowest BCUT2D eigenvalue weighted by Crippen LogP contribution is -2.34. The van der Waals surface area contributed by atoms with E-state index in [9.17, 15) is 4.79 Å². The van der Waals surface area contributed by atoms with E-state index in [4.69, 9.17) is 0 Å². The molecule has 1 aliphatic heterocycles. The third kappa shape index (κ3) is 1.64. The van der Waals surface area contributed by atoms with Crippen molar-refractivity contribution in [3.05, 3.63) is 24.5 Å². The van der Waals surface area contributed by atoms with E-state index in [1.807, 2.05) is 4.68 Å². The predicted octanol–water partition coefficient (Wildman–Crippen LogP) is 1.93. The Balaban J connectivity index is 2.40. The van der Waals surface area contributed by atoms with Crippen molar-refractivity contribution in [2.75, 3.05) is 11.4 Å². The van der Waals surface area contributed by atoms with Crippen LogP contribution in [0.1, 0.15) is 32.0 Å². The van der Waals surface area contributed by atoms with Gasteiger partial charge in [-0.2, -0.15) is 5.10 Å². The molecule has 0 aliphatic carbocycles. The van der Waals surface area contributed by atoms with Crippen LogP contribution in [0.5, 0.6) is 0 Å². The first-order chi connectivity index (χ1) is 7.65. The van der Waals surface area contributed by atoms with E-state index in [1.54, 1.807) is 11.1 Å². The molecule has 0 fully saturated rings. The summed E-state index contributed by atoms with van der Waals surface area (Å²) in [6, 6.07) is 0.336. The van der Waals surface area contributed by atoms with Crippen molar-refractivity contribution in [2.45, 2.75) is 32.7 Å². The Hall–Kier alpha value is -1.58. The molecule has 0 atom stereocenters. The Bertz CT molecular complexity index is 420. The monoisotopic (exact) mass is 219 g/mol. The Labute approximate surface area is 95.5 Å². The molecule has 1 aromatic rings. The van der Waals surface area contributed by atoms with Crippen LogP contribution in [0.25, 0.3) is 0 Å². The molecule has 86 valence electrons. The van der Waals surface area contributed by atoms with Crippen LogP contribution in [-0.4, -0.2) is 22.2 Å². The normalized spacial score (nSPS) is 15.1. The first-order valence-electron chi connectivity index (χ1n) is 5.65. The number of anilines is 1. The van der Waals surface area contributed by atoms with Crippen molar-refractivity contribution in [1.29, 1.82) is 0 Å². The van der Waals surface area contributed by atoms with Gasteiger partial charge < -0.3 is 4.90 Å². The third-order valence-electron chi connectivity index (χ3n) is 2.89. The van der Waals surface area contributed by atoms with Gasteiger partial charge in [-0.3, -0.25) is 9.48 Å². The van der Waals surface area contributed by atoms with Gasteiger partial charge in [-0.1, -0.05) is 6.58 Å². The number of nitrogens with zero attached hydrogens (tertiary/aromatic N) is 3. The second kappa shape index (κ2) is 4.12. The lowest BCUT2D eigenvalue weighted by atomic mass is 10.1. The van der Waals surface area contributed by atoms with Crippen molar-refractivity contribution in [3.63, 3.8) is 0 Å². The summed E-state index contributed by atoms with van der Waals surface area (Å²) in [5, 5.41) is 4.35. The quantitative estimate of drug-likeness (QED) is 0.713. The van der Waals surface area contributed by atoms with Crippen LogP contribution in [0.15, 0.2) is 18.9 Å². The van der Waals surface area contributed by atoms with Gasteiger partial charge in [0.05, 0.1) is 17.6 Å². The van der Waals surface area contributed by atoms with Crippen LogP contribution in [0.3, 0.4) is 0 Å². The lowest BCUT2D eigenvalue weighted by molar-refractivity contribution is -0.114. The summed E-state index contributed by atoms with van der Waals surface area (Å²) in [6.07, 6.45) is 5.14. The first-order valence-corrected chi connectivity index (χ1v) is 5.65. The first kappa shape index (κ1) is 10.9. The summed E-state index contributed by atoms with van der Waals surface area (Å²) in [7, 11) is 0. The fourth-order valence-electron chi connectivity index (χ4n) is 2.16. The average Bonchev–Trinajstić information content (AvgIpc) is 2.71. The number of carbonyl (C=O) groups excluding carboxylic acids is 1. The van der Waals surface area contributed by atoms with E-state index in [0.29, 0.717) is 6.04 Å². The molecule has 0 spiro atoms. The second-order valence-electron chi connectivity index (χ2n) is 4.31. The molecule has 4 nitrogen and oxygen atoms in total. The largest absolute Gasteiger partial charge is 0.306 e. The number of fused-ring (bicyclic) bond motifs is 1. The zero-order valence-electron chi connectivity index (χ0n) is 9.81. The fraction of sp³-hybridized carbons (Fsp3) is 0.500. The number of hydrogen-bond acceptors (Lipinski definition) is 2. The summed E-state index contributed by atoms with van der Waals surface area (Å²) in [4.78, 5) is 13.4. The van der Waals surface area contributed by atoms with Crippen LogP contribution in [0.2, 0.25) is 0 Å². The lowest BCUT2D eigenvalue weighted by Gasteiger charge is -2.26. The molecule has 1 amide bonds. The van der Waals surface area contributed by atoms with Gasteiger partial charge in [0.15, 0.2) is 0 Å². The van der Waals surface area contributed by atoms with Crippen LogP contribution >= 0.6 is 0 Å². The minimum Gasteiger partial charge on any atom is -0.306 e. The van der Waals surface area contributed by atoms with Gasteiger partial charge in [0.25, 0.3) is 0 Å². The summed E-state index contributed by atoms with van der Waals surface area (Å²) in [6.45, 7) is 8.50. The standard InChI is InChI=1S/C12H17N3O/c1-4-12(16)14-7-5-6-10-11(14)8-13-15(10)9(2)3/h4,8-9H,1,5-7H2,2-3H3. The minimum atomic E-state index is -0.0377. The molecule has 0 saturated carbocycles. The van der Waals surface area contributed by atoms with Crippen LogP contribution in [-0.2, 0) is 11.2 Å². The van der Waals surface area contributed by atoms with E-state index in [0.717, 1.165) is 30.8 Å². The predicted molar refractivity (Wildman–Crippen MR) is 63.5 cm³/mol. The number of amides is 1. The molecule has 1 aliphatic rings. The van der Waals surface area contributed by atoms with E-state index < -0.39 is 0 Å². The van der Waals surface area contributed by atoms with Gasteiger partial charge >= 0.3 is 0 Å². The molecule has 0 aromatic carbocycles. The molecule has 16 heavy (non-hydrogen) atoms. The molecule has 0 bridgehead atoms. The van der Waals surface area contributed by atoms with Crippen LogP contribution in [0, 0.1) is 0 Å². The topological polar surface area (TPSA) is 38.1 Å². The van der Waals surface area contributed by atoms with E-state index in [2.05, 4.69) is 25.5 Å². The third-order valence-corrected chi connectivity index (χ3v) is 2.89. The van der Waals surface area contributed by atoms with Gasteiger partial charge in [0.1, 0.15) is 0 Å². The highest BCUT2D eigenvalue weighted by Crippen LogP contribution is 2.28. The van der Waals surface area contributed by atoms with Gasteiger partial charge in [0, 0.05) is 12.6 Å². The van der Waals surface area contributed by atoms with Crippen molar-refractivity contribution in [2.24, 2.45) is 0 Å². The van der Waals surface area contributed by atoms with Crippen LogP contribution < -0.4 is 4.90 Å². The molecule has 1 aromatic heterocycles. The van der Waals surface area contributed by atoms with Crippen molar-refractivity contribution < 1.29 is 4.79 Å². The molecule has 2 heterocycles. The highest BCUT2D eigenvalue weighted by Gasteiger charge is 2.25. The summed E-state index contributed by atoms with van der Waals surface area (Å²) in [5.74, 6) is -0.0377. The Morgan fingerprint density at radius 3 is 3.00 bits per heavy atom. The molecule has 0 saturated heterocycles. The van der Waals surface area contributed by atoms with Crippen molar-refractivity contribution in [1.82, 2.24) is 9.78 Å². The highest BCUT2D eigenvalue weighted by atomic mass is 16.2. The number of rotatable bonds is 2. The van der Waals surface area contributed by atoms with E-state index >= 15 is 0 Å². The van der Waals surface area contributed by atoms with E-state index in [1.165, 1.54) is 6.08 Å². The fourth-order valence-corrected chi connectivity index (χ4v) is 2.16. The zero-order valence-corrected chi connectivity index (χ0v) is 9.81. The zero-order chi connectivity index (χ0) is 11.7. The van der Waals surface area contributed by atoms with E-state index in [-0.39, 0.29) is 5.91 Å². The number of aromatic nitrogens is 2. The molecule has 4 heteroatoms. The number of carbonyl (C=O) groups is 1. The van der Waals surface area contributed by atoms with Gasteiger partial charge in [-0.05, 0) is 32.8 Å². The highest BCUT2D eigenvalue weighted by molar-refractivity contribution is 6.01. The van der Waals surface area contributed by atoms with Gasteiger partial charge in [0.2, 0.25) is 5.91 Å². The van der Waals surface area contributed by atoms with Gasteiger partial charge in [-0.15, -0.1) is 0 Å². The average molecular weight is 219 g/mol. The maximum absolute atomic E-state index is 11.7. The van der Waals surface area contributed by atoms with Crippen molar-refractivity contribution >= 4 is 11.6 Å². The maximum Gasteiger partial charge on any atom is 0.250 e. The Morgan fingerprint density at radius 2 is 2.38 bits per heavy atom. The molecule has 0 N–H and O–H groups in total. The van der Waals surface area contributed by atoms with Crippen molar-refractivity contribution in [3.8, 4) is 0 Å². The van der Waals surface area contributed by atoms with Gasteiger partial charge in [-0.25, -0.2) is 0 Å². The summed E-state index contributed by atoms with van der Waals surface area (Å²) < 4.78 is 2.00. The minimum absolute atomic E-state index is 0.0377. The smallest absolute Gasteiger partial charge is 0.250 e. The Kier molecular flexibility index (Phi) is 2.81. The number of hydrogen-bond donors (Lipinski definition) is 0. The molecule has 2 rings (SSSR count). The maximum atomic E-state index is 11.7. The Morgan fingerprint density at radius 1 is 1.62 bits per heavy atom. The van der Waals surface area contributed by atoms with Crippen LogP contribution in [0.4, 0.5) is 5.69 Å².